The summed E-state index contributed by atoms with van der Waals surface area (Å²) in [4.78, 5) is 28.3. The number of rotatable bonds is 5. The van der Waals surface area contributed by atoms with Crippen molar-refractivity contribution in [2.75, 3.05) is 14.1 Å². The Hall–Kier alpha value is -2.66. The Bertz CT molecular complexity index is 743. The van der Waals surface area contributed by atoms with E-state index in [0.717, 1.165) is 0 Å². The van der Waals surface area contributed by atoms with Gasteiger partial charge in [-0.2, -0.15) is 10.2 Å². The number of allylic oxidation sites excluding steroid dienone is 2. The molecule has 0 spiro atoms. The Morgan fingerprint density at radius 3 is 2.26 bits per heavy atom. The van der Waals surface area contributed by atoms with Crippen molar-refractivity contribution in [3.05, 3.63) is 24.3 Å². The minimum Gasteiger partial charge on any atom is -0.375 e. The van der Waals surface area contributed by atoms with E-state index in [9.17, 15) is 9.59 Å². The number of thiocarbonyl (C=S) groups is 2. The molecule has 2 rings (SSSR count). The summed E-state index contributed by atoms with van der Waals surface area (Å²) in [5.41, 5.74) is 10.8. The van der Waals surface area contributed by atoms with Crippen LogP contribution in [0.1, 0.15) is 6.92 Å². The van der Waals surface area contributed by atoms with Crippen LogP contribution in [0, 0.1) is 11.8 Å². The van der Waals surface area contributed by atoms with Crippen LogP contribution in [-0.4, -0.2) is 63.9 Å². The van der Waals surface area contributed by atoms with Crippen molar-refractivity contribution in [2.45, 2.75) is 13.0 Å². The third-order valence-corrected chi connectivity index (χ3v) is 4.60. The molecular weight excluding hydrogens is 386 g/mol. The van der Waals surface area contributed by atoms with Crippen molar-refractivity contribution in [1.29, 1.82) is 0 Å². The predicted molar refractivity (Wildman–Crippen MR) is 112 cm³/mol. The van der Waals surface area contributed by atoms with Gasteiger partial charge in [-0.25, -0.2) is 0 Å². The first-order chi connectivity index (χ1) is 12.7. The molecule has 144 valence electrons. The molecule has 0 radical (unpaired) electrons. The lowest BCUT2D eigenvalue weighted by atomic mass is 9.91. The highest BCUT2D eigenvalue weighted by atomic mass is 32.1. The van der Waals surface area contributed by atoms with Crippen molar-refractivity contribution in [3.8, 4) is 0 Å². The molecule has 0 aromatic heterocycles. The molecule has 0 saturated carbocycles. The fraction of sp³-hybridized carbons (Fsp3) is 0.375. The molecule has 0 aromatic rings. The number of nitrogens with zero attached hydrogens (tertiary/aromatic N) is 4. The van der Waals surface area contributed by atoms with Gasteiger partial charge in [0.15, 0.2) is 10.2 Å². The number of hydrazone groups is 2. The number of carbonyl (C=O) groups excluding carboxylic acids is 2. The van der Waals surface area contributed by atoms with Crippen molar-refractivity contribution >= 4 is 58.4 Å². The van der Waals surface area contributed by atoms with E-state index < -0.39 is 17.9 Å². The molecule has 0 bridgehead atoms. The van der Waals surface area contributed by atoms with E-state index in [-0.39, 0.29) is 22.6 Å². The van der Waals surface area contributed by atoms with Crippen LogP contribution in [0.15, 0.2) is 34.5 Å². The van der Waals surface area contributed by atoms with Crippen LogP contribution in [0.5, 0.6) is 0 Å². The van der Waals surface area contributed by atoms with Gasteiger partial charge in [0, 0.05) is 14.1 Å². The van der Waals surface area contributed by atoms with E-state index in [1.165, 1.54) is 11.1 Å². The van der Waals surface area contributed by atoms with Gasteiger partial charge >= 0.3 is 0 Å². The number of amides is 2. The minimum absolute atomic E-state index is 0.0523. The normalized spacial score (nSPS) is 22.8. The van der Waals surface area contributed by atoms with Crippen molar-refractivity contribution < 1.29 is 9.59 Å². The molecule has 1 aliphatic carbocycles. The second-order valence-corrected chi connectivity index (χ2v) is 6.95. The summed E-state index contributed by atoms with van der Waals surface area (Å²) in [6.07, 6.45) is 8.34. The van der Waals surface area contributed by atoms with Gasteiger partial charge in [-0.3, -0.25) is 25.3 Å². The first-order valence-corrected chi connectivity index (χ1v) is 8.91. The standard InChI is InChI=1S/C16H21N7O2S2/c1-9(23-13(24)10-6-4-5-7-11(10)14(23)25)12(19-20-15(17)26)8-18-21-16(27)22(2)3/h4-11H,1-3H3,(H,21,27)(H3,17,20,26)/b18-8-,19-12+. The quantitative estimate of drug-likeness (QED) is 0.247. The Morgan fingerprint density at radius 1 is 1.22 bits per heavy atom. The largest absolute Gasteiger partial charge is 0.375 e. The van der Waals surface area contributed by atoms with Gasteiger partial charge in [-0.05, 0) is 31.4 Å². The molecule has 2 aliphatic rings. The van der Waals surface area contributed by atoms with Gasteiger partial charge in [0.25, 0.3) is 0 Å². The van der Waals surface area contributed by atoms with Gasteiger partial charge in [0.05, 0.1) is 24.1 Å². The van der Waals surface area contributed by atoms with Crippen LogP contribution in [0.2, 0.25) is 0 Å². The molecule has 2 amide bonds. The highest BCUT2D eigenvalue weighted by Crippen LogP contribution is 2.32. The Kier molecular flexibility index (Phi) is 6.75. The molecule has 1 saturated heterocycles. The summed E-state index contributed by atoms with van der Waals surface area (Å²) in [5.74, 6) is -1.56. The molecule has 3 unspecified atom stereocenters. The fourth-order valence-electron chi connectivity index (χ4n) is 2.63. The monoisotopic (exact) mass is 407 g/mol. The summed E-state index contributed by atoms with van der Waals surface area (Å²) in [6.45, 7) is 1.68. The maximum atomic E-state index is 12.7. The Morgan fingerprint density at radius 2 is 1.78 bits per heavy atom. The highest BCUT2D eigenvalue weighted by molar-refractivity contribution is 7.80. The van der Waals surface area contributed by atoms with E-state index in [0.29, 0.717) is 5.11 Å². The molecule has 0 aromatic carbocycles. The van der Waals surface area contributed by atoms with Gasteiger partial charge in [-0.1, -0.05) is 24.3 Å². The number of nitrogens with one attached hydrogen (secondary N) is 2. The smallest absolute Gasteiger partial charge is 0.237 e. The Balaban J connectivity index is 2.24. The summed E-state index contributed by atoms with van der Waals surface area (Å²) in [7, 11) is 3.53. The number of fused-ring (bicyclic) bond motifs is 1. The van der Waals surface area contributed by atoms with Crippen molar-refractivity contribution in [2.24, 2.45) is 27.8 Å². The average molecular weight is 408 g/mol. The van der Waals surface area contributed by atoms with Gasteiger partial charge < -0.3 is 10.6 Å². The van der Waals surface area contributed by atoms with Crippen molar-refractivity contribution in [1.82, 2.24) is 20.7 Å². The van der Waals surface area contributed by atoms with Crippen LogP contribution in [0.4, 0.5) is 0 Å². The van der Waals surface area contributed by atoms with Crippen molar-refractivity contribution in [3.63, 3.8) is 0 Å². The summed E-state index contributed by atoms with van der Waals surface area (Å²) in [5, 5.41) is 8.41. The lowest BCUT2D eigenvalue weighted by Crippen LogP contribution is -2.45. The summed E-state index contributed by atoms with van der Waals surface area (Å²) >= 11 is 9.85. The number of likely N-dealkylation sites (tertiary alicyclic amines) is 1. The zero-order valence-electron chi connectivity index (χ0n) is 15.1. The van der Waals surface area contributed by atoms with E-state index in [2.05, 4.69) is 21.1 Å². The third-order valence-electron chi connectivity index (χ3n) is 4.05. The number of hydrogen-bond donors (Lipinski definition) is 3. The maximum absolute atomic E-state index is 12.7. The maximum Gasteiger partial charge on any atom is 0.237 e. The molecule has 9 nitrogen and oxygen atoms in total. The average Bonchev–Trinajstić information content (AvgIpc) is 2.88. The zero-order valence-corrected chi connectivity index (χ0v) is 16.8. The lowest BCUT2D eigenvalue weighted by molar-refractivity contribution is -0.140. The molecule has 1 aliphatic heterocycles. The molecular formula is C16H21N7O2S2. The molecule has 1 heterocycles. The molecule has 4 N–H and O–H groups in total. The first-order valence-electron chi connectivity index (χ1n) is 8.09. The number of hydrogen-bond acceptors (Lipinski definition) is 6. The zero-order chi connectivity index (χ0) is 20.1. The van der Waals surface area contributed by atoms with Gasteiger partial charge in [0.2, 0.25) is 11.8 Å². The van der Waals surface area contributed by atoms with Crippen LogP contribution < -0.4 is 16.6 Å². The topological polar surface area (TPSA) is 115 Å². The minimum atomic E-state index is -0.683. The SMILES string of the molecule is CC(C(/C=N\NC(=S)N(C)C)=N/NC(N)=S)N1C(=O)C2C=CC=CC2C1=O. The number of nitrogens with two attached hydrogens (primary N) is 1. The second-order valence-electron chi connectivity index (χ2n) is 6.13. The van der Waals surface area contributed by atoms with E-state index in [1.807, 2.05) is 0 Å². The first kappa shape index (κ1) is 20.6. The third kappa shape index (κ3) is 4.74. The number of carbonyl (C=O) groups is 2. The Labute approximate surface area is 168 Å². The summed E-state index contributed by atoms with van der Waals surface area (Å²) in [6, 6.07) is -0.683. The molecule has 1 fully saturated rings. The van der Waals surface area contributed by atoms with Crippen LogP contribution in [-0.2, 0) is 9.59 Å². The molecule has 11 heteroatoms. The van der Waals surface area contributed by atoms with E-state index >= 15 is 0 Å². The molecule has 27 heavy (non-hydrogen) atoms. The van der Waals surface area contributed by atoms with E-state index in [1.54, 1.807) is 50.2 Å². The molecule has 3 atom stereocenters. The fourth-order valence-corrected chi connectivity index (χ4v) is 2.72. The number of imide groups is 1. The van der Waals surface area contributed by atoms with Crippen LogP contribution in [0.3, 0.4) is 0 Å². The summed E-state index contributed by atoms with van der Waals surface area (Å²) < 4.78 is 0. The van der Waals surface area contributed by atoms with Crippen LogP contribution >= 0.6 is 24.4 Å². The van der Waals surface area contributed by atoms with Crippen LogP contribution in [0.25, 0.3) is 0 Å². The predicted octanol–water partition coefficient (Wildman–Crippen LogP) is -0.287. The van der Waals surface area contributed by atoms with Gasteiger partial charge in [-0.15, -0.1) is 0 Å². The highest BCUT2D eigenvalue weighted by Gasteiger charge is 2.48. The van der Waals surface area contributed by atoms with E-state index in [4.69, 9.17) is 30.2 Å². The second kappa shape index (κ2) is 8.82. The van der Waals surface area contributed by atoms with Gasteiger partial charge in [0.1, 0.15) is 5.71 Å². The lowest BCUT2D eigenvalue weighted by Gasteiger charge is -2.23.